The number of aliphatic imine (C=N–C) groups is 1. The molecule has 1 aromatic carbocycles. The lowest BCUT2D eigenvalue weighted by atomic mass is 10.2. The Hall–Kier alpha value is -1.23. The Morgan fingerprint density at radius 3 is 2.54 bits per heavy atom. The molecule has 1 aromatic rings. The molecule has 0 radical (unpaired) electrons. The van der Waals surface area contributed by atoms with E-state index in [-0.39, 0.29) is 29.7 Å². The quantitative estimate of drug-likeness (QED) is 0.278. The van der Waals surface area contributed by atoms with E-state index < -0.39 is 9.84 Å². The zero-order valence-corrected chi connectivity index (χ0v) is 18.8. The number of sulfone groups is 1. The molecule has 0 bridgehead atoms. The van der Waals surface area contributed by atoms with Crippen molar-refractivity contribution in [3.05, 3.63) is 24.3 Å². The monoisotopic (exact) mass is 496 g/mol. The molecule has 1 aliphatic rings. The lowest BCUT2D eigenvalue weighted by Gasteiger charge is -2.37. The number of nitrogens with zero attached hydrogens (tertiary/aromatic N) is 3. The highest BCUT2D eigenvalue weighted by Crippen LogP contribution is 2.22. The van der Waals surface area contributed by atoms with Gasteiger partial charge in [0.1, 0.15) is 15.6 Å². The topological polar surface area (TPSA) is 74.2 Å². The average molecular weight is 496 g/mol. The van der Waals surface area contributed by atoms with Crippen LogP contribution in [0.4, 0.5) is 5.69 Å². The number of guanidine groups is 1. The van der Waals surface area contributed by atoms with Crippen molar-refractivity contribution >= 4 is 45.5 Å². The van der Waals surface area contributed by atoms with E-state index in [0.717, 1.165) is 43.6 Å². The first kappa shape index (κ1) is 22.8. The summed E-state index contributed by atoms with van der Waals surface area (Å²) in [7, 11) is 0.527. The largest absolute Gasteiger partial charge is 0.497 e. The maximum Gasteiger partial charge on any atom is 0.193 e. The standard InChI is InChI=1S/C17H28N4O3S.HI/c1-18-17(19-8-5-13-25(3,22)23)21-11-9-20(10-12-21)15-6-4-7-16(14-15)24-2;/h4,6-7,14H,5,8-13H2,1-3H3,(H,18,19);1H. The van der Waals surface area contributed by atoms with Gasteiger partial charge in [-0.15, -0.1) is 24.0 Å². The SMILES string of the molecule is CN=C(NCCCS(C)(=O)=O)N1CCN(c2cccc(OC)c2)CC1.I. The van der Waals surface area contributed by atoms with Crippen LogP contribution in [-0.2, 0) is 9.84 Å². The number of hydrogen-bond acceptors (Lipinski definition) is 5. The minimum Gasteiger partial charge on any atom is -0.497 e. The van der Waals surface area contributed by atoms with Crippen LogP contribution in [0.25, 0.3) is 0 Å². The molecule has 0 aliphatic carbocycles. The summed E-state index contributed by atoms with van der Waals surface area (Å²) in [4.78, 5) is 8.85. The number of ether oxygens (including phenoxy) is 1. The predicted molar refractivity (Wildman–Crippen MR) is 118 cm³/mol. The molecule has 148 valence electrons. The van der Waals surface area contributed by atoms with Gasteiger partial charge in [0, 0.05) is 57.8 Å². The van der Waals surface area contributed by atoms with Crippen LogP contribution in [0.3, 0.4) is 0 Å². The molecule has 7 nitrogen and oxygen atoms in total. The fourth-order valence-corrected chi connectivity index (χ4v) is 3.52. The number of nitrogens with one attached hydrogen (secondary N) is 1. The van der Waals surface area contributed by atoms with E-state index in [1.54, 1.807) is 14.2 Å². The predicted octanol–water partition coefficient (Wildman–Crippen LogP) is 1.45. The van der Waals surface area contributed by atoms with Gasteiger partial charge in [0.05, 0.1) is 12.9 Å². The smallest absolute Gasteiger partial charge is 0.193 e. The van der Waals surface area contributed by atoms with Gasteiger partial charge in [-0.2, -0.15) is 0 Å². The van der Waals surface area contributed by atoms with Crippen molar-refractivity contribution in [2.75, 3.05) is 63.8 Å². The number of rotatable bonds is 6. The maximum atomic E-state index is 11.2. The van der Waals surface area contributed by atoms with Crippen molar-refractivity contribution in [3.63, 3.8) is 0 Å². The third-order valence-electron chi connectivity index (χ3n) is 4.18. The highest BCUT2D eigenvalue weighted by Gasteiger charge is 2.20. The van der Waals surface area contributed by atoms with Gasteiger partial charge in [-0.1, -0.05) is 6.07 Å². The summed E-state index contributed by atoms with van der Waals surface area (Å²) in [6.07, 6.45) is 1.85. The van der Waals surface area contributed by atoms with E-state index in [2.05, 4.69) is 26.2 Å². The molecule has 0 saturated carbocycles. The molecule has 26 heavy (non-hydrogen) atoms. The first-order valence-electron chi connectivity index (χ1n) is 8.45. The number of halogens is 1. The van der Waals surface area contributed by atoms with E-state index in [9.17, 15) is 8.42 Å². The van der Waals surface area contributed by atoms with Crippen LogP contribution in [0.5, 0.6) is 5.75 Å². The molecular weight excluding hydrogens is 467 g/mol. The Morgan fingerprint density at radius 2 is 1.96 bits per heavy atom. The normalized spacial score (nSPS) is 15.4. The highest BCUT2D eigenvalue weighted by atomic mass is 127. The maximum absolute atomic E-state index is 11.2. The van der Waals surface area contributed by atoms with Gasteiger partial charge < -0.3 is 19.9 Å². The molecule has 1 saturated heterocycles. The summed E-state index contributed by atoms with van der Waals surface area (Å²) in [5.41, 5.74) is 1.16. The molecule has 1 heterocycles. The molecule has 9 heteroatoms. The van der Waals surface area contributed by atoms with Crippen molar-refractivity contribution in [1.29, 1.82) is 0 Å². The first-order valence-corrected chi connectivity index (χ1v) is 10.5. The zero-order chi connectivity index (χ0) is 18.3. The Bertz CT molecular complexity index is 689. The van der Waals surface area contributed by atoms with Crippen molar-refractivity contribution in [2.45, 2.75) is 6.42 Å². The Morgan fingerprint density at radius 1 is 1.27 bits per heavy atom. The van der Waals surface area contributed by atoms with Crippen LogP contribution in [0.1, 0.15) is 6.42 Å². The summed E-state index contributed by atoms with van der Waals surface area (Å²) < 4.78 is 27.7. The fourth-order valence-electron chi connectivity index (χ4n) is 2.85. The Balaban J connectivity index is 0.00000338. The molecule has 0 amide bonds. The van der Waals surface area contributed by atoms with Gasteiger partial charge in [-0.3, -0.25) is 4.99 Å². The van der Waals surface area contributed by atoms with Crippen molar-refractivity contribution < 1.29 is 13.2 Å². The molecule has 0 spiro atoms. The second-order valence-corrected chi connectivity index (χ2v) is 8.39. The molecule has 1 N–H and O–H groups in total. The van der Waals surface area contributed by atoms with Crippen molar-refractivity contribution in [1.82, 2.24) is 10.2 Å². The highest BCUT2D eigenvalue weighted by molar-refractivity contribution is 14.0. The van der Waals surface area contributed by atoms with E-state index in [4.69, 9.17) is 4.74 Å². The number of anilines is 1. The number of hydrogen-bond donors (Lipinski definition) is 1. The van der Waals surface area contributed by atoms with Gasteiger partial charge in [-0.05, 0) is 18.6 Å². The first-order chi connectivity index (χ1) is 11.9. The van der Waals surface area contributed by atoms with Gasteiger partial charge in [-0.25, -0.2) is 8.42 Å². The lowest BCUT2D eigenvalue weighted by molar-refractivity contribution is 0.372. The van der Waals surface area contributed by atoms with Gasteiger partial charge in [0.25, 0.3) is 0 Å². The molecule has 0 atom stereocenters. The summed E-state index contributed by atoms with van der Waals surface area (Å²) in [6.45, 7) is 4.14. The second-order valence-electron chi connectivity index (χ2n) is 6.13. The van der Waals surface area contributed by atoms with E-state index in [0.29, 0.717) is 13.0 Å². The minimum absolute atomic E-state index is 0. The van der Waals surface area contributed by atoms with Crippen LogP contribution in [0, 0.1) is 0 Å². The lowest BCUT2D eigenvalue weighted by Crippen LogP contribution is -2.52. The molecule has 1 aliphatic heterocycles. The van der Waals surface area contributed by atoms with E-state index in [1.807, 2.05) is 18.2 Å². The summed E-state index contributed by atoms with van der Waals surface area (Å²) in [5.74, 6) is 1.89. The zero-order valence-electron chi connectivity index (χ0n) is 15.6. The third-order valence-corrected chi connectivity index (χ3v) is 5.21. The molecule has 0 unspecified atom stereocenters. The summed E-state index contributed by atoms with van der Waals surface area (Å²) >= 11 is 0. The molecular formula is C17H29IN4O3S. The Kier molecular flexibility index (Phi) is 9.48. The van der Waals surface area contributed by atoms with Crippen LogP contribution >= 0.6 is 24.0 Å². The molecule has 1 fully saturated rings. The molecule has 2 rings (SSSR count). The molecule has 0 aromatic heterocycles. The van der Waals surface area contributed by atoms with E-state index >= 15 is 0 Å². The number of methoxy groups -OCH3 is 1. The van der Waals surface area contributed by atoms with Crippen LogP contribution in [0.2, 0.25) is 0 Å². The average Bonchev–Trinajstić information content (AvgIpc) is 2.61. The van der Waals surface area contributed by atoms with Crippen LogP contribution in [-0.4, -0.2) is 78.2 Å². The van der Waals surface area contributed by atoms with Crippen molar-refractivity contribution in [2.24, 2.45) is 4.99 Å². The van der Waals surface area contributed by atoms with Gasteiger partial charge in [0.15, 0.2) is 5.96 Å². The Labute approximate surface area is 173 Å². The van der Waals surface area contributed by atoms with Gasteiger partial charge in [0.2, 0.25) is 0 Å². The fraction of sp³-hybridized carbons (Fsp3) is 0.588. The van der Waals surface area contributed by atoms with Crippen molar-refractivity contribution in [3.8, 4) is 5.75 Å². The summed E-state index contributed by atoms with van der Waals surface area (Å²) in [5, 5.41) is 3.26. The van der Waals surface area contributed by atoms with Gasteiger partial charge >= 0.3 is 0 Å². The second kappa shape index (κ2) is 10.8. The van der Waals surface area contributed by atoms with Crippen LogP contribution in [0.15, 0.2) is 29.3 Å². The summed E-state index contributed by atoms with van der Waals surface area (Å²) in [6, 6.07) is 8.09. The van der Waals surface area contributed by atoms with Crippen LogP contribution < -0.4 is 15.0 Å². The van der Waals surface area contributed by atoms with E-state index in [1.165, 1.54) is 6.26 Å². The number of piperazine rings is 1. The number of benzene rings is 1. The minimum atomic E-state index is -2.91. The third kappa shape index (κ3) is 7.18.